The van der Waals surface area contributed by atoms with Crippen LogP contribution in [-0.4, -0.2) is 6.04 Å². The van der Waals surface area contributed by atoms with E-state index in [1.54, 1.807) is 0 Å². The van der Waals surface area contributed by atoms with E-state index in [0.29, 0.717) is 12.0 Å². The number of hydrogen-bond acceptors (Lipinski definition) is 1. The Morgan fingerprint density at radius 1 is 1.13 bits per heavy atom. The molecular formula is C14H23N. The highest BCUT2D eigenvalue weighted by molar-refractivity contribution is 5.33. The zero-order valence-corrected chi connectivity index (χ0v) is 10.6. The molecule has 1 heteroatoms. The molecule has 84 valence electrons. The van der Waals surface area contributed by atoms with Gasteiger partial charge in [-0.1, -0.05) is 51.5 Å². The number of rotatable bonds is 4. The van der Waals surface area contributed by atoms with E-state index < -0.39 is 0 Å². The molecule has 0 aliphatic rings. The Hall–Kier alpha value is -0.820. The van der Waals surface area contributed by atoms with Gasteiger partial charge in [0.2, 0.25) is 0 Å². The third-order valence-corrected chi connectivity index (χ3v) is 2.62. The first-order chi connectivity index (χ1) is 7.00. The quantitative estimate of drug-likeness (QED) is 0.791. The van der Waals surface area contributed by atoms with Gasteiger partial charge in [-0.2, -0.15) is 0 Å². The smallest absolute Gasteiger partial charge is 0.0210 e. The maximum Gasteiger partial charge on any atom is 0.0210 e. The molecule has 1 N–H and O–H groups in total. The van der Waals surface area contributed by atoms with Crippen molar-refractivity contribution in [2.24, 2.45) is 0 Å². The van der Waals surface area contributed by atoms with Crippen molar-refractivity contribution < 1.29 is 0 Å². The molecule has 0 bridgehead atoms. The molecule has 0 saturated carbocycles. The van der Waals surface area contributed by atoms with Crippen LogP contribution in [-0.2, 0) is 6.54 Å². The second kappa shape index (κ2) is 5.32. The number of hydrogen-bond donors (Lipinski definition) is 1. The average molecular weight is 205 g/mol. The number of nitrogens with one attached hydrogen (secondary N) is 1. The van der Waals surface area contributed by atoms with Crippen molar-refractivity contribution in [3.05, 3.63) is 34.9 Å². The second-order valence-corrected chi connectivity index (χ2v) is 4.89. The van der Waals surface area contributed by atoms with Gasteiger partial charge in [-0.05, 0) is 24.0 Å². The second-order valence-electron chi connectivity index (χ2n) is 4.89. The summed E-state index contributed by atoms with van der Waals surface area (Å²) >= 11 is 0. The summed E-state index contributed by atoms with van der Waals surface area (Å²) in [6.45, 7) is 12.0. The Morgan fingerprint density at radius 3 is 2.33 bits per heavy atom. The maximum atomic E-state index is 3.48. The van der Waals surface area contributed by atoms with Gasteiger partial charge in [-0.25, -0.2) is 0 Å². The zero-order valence-electron chi connectivity index (χ0n) is 10.6. The van der Waals surface area contributed by atoms with Crippen LogP contribution in [0.5, 0.6) is 0 Å². The highest BCUT2D eigenvalue weighted by Gasteiger charge is 2.06. The predicted octanol–water partition coefficient (Wildman–Crippen LogP) is 3.62. The number of benzene rings is 1. The van der Waals surface area contributed by atoms with Crippen molar-refractivity contribution in [1.29, 1.82) is 0 Å². The first-order valence-corrected chi connectivity index (χ1v) is 5.83. The van der Waals surface area contributed by atoms with Gasteiger partial charge in [-0.3, -0.25) is 0 Å². The molecule has 15 heavy (non-hydrogen) atoms. The van der Waals surface area contributed by atoms with Crippen LogP contribution in [0.25, 0.3) is 0 Å². The standard InChI is InChI=1S/C14H23N/c1-10(2)14-8-12(5)6-7-13(14)9-15-11(3)4/h6-8,10-11,15H,9H2,1-5H3. The molecule has 1 aromatic carbocycles. The Balaban J connectivity index is 2.86. The van der Waals surface area contributed by atoms with Crippen molar-refractivity contribution in [1.82, 2.24) is 5.32 Å². The molecule has 0 fully saturated rings. The van der Waals surface area contributed by atoms with E-state index in [-0.39, 0.29) is 0 Å². The molecule has 1 nitrogen and oxygen atoms in total. The van der Waals surface area contributed by atoms with Gasteiger partial charge in [-0.15, -0.1) is 0 Å². The van der Waals surface area contributed by atoms with E-state index in [0.717, 1.165) is 6.54 Å². The van der Waals surface area contributed by atoms with E-state index >= 15 is 0 Å². The van der Waals surface area contributed by atoms with Crippen molar-refractivity contribution in [2.45, 2.75) is 53.1 Å². The Bertz CT molecular complexity index is 313. The van der Waals surface area contributed by atoms with Gasteiger partial charge < -0.3 is 5.32 Å². The fourth-order valence-electron chi connectivity index (χ4n) is 1.73. The first-order valence-electron chi connectivity index (χ1n) is 5.83. The Morgan fingerprint density at radius 2 is 1.80 bits per heavy atom. The first kappa shape index (κ1) is 12.3. The van der Waals surface area contributed by atoms with Crippen LogP contribution in [0.2, 0.25) is 0 Å². The monoisotopic (exact) mass is 205 g/mol. The Kier molecular flexibility index (Phi) is 4.34. The molecule has 0 saturated heterocycles. The molecule has 0 radical (unpaired) electrons. The van der Waals surface area contributed by atoms with Gasteiger partial charge >= 0.3 is 0 Å². The molecule has 0 aliphatic heterocycles. The van der Waals surface area contributed by atoms with E-state index in [2.05, 4.69) is 58.1 Å². The average Bonchev–Trinajstić information content (AvgIpc) is 2.15. The van der Waals surface area contributed by atoms with Crippen molar-refractivity contribution in [3.8, 4) is 0 Å². The SMILES string of the molecule is Cc1ccc(CNC(C)C)c(C(C)C)c1. The number of aryl methyl sites for hydroxylation is 1. The minimum Gasteiger partial charge on any atom is -0.310 e. The fraction of sp³-hybridized carbons (Fsp3) is 0.571. The summed E-state index contributed by atoms with van der Waals surface area (Å²) in [6.07, 6.45) is 0. The molecule has 1 rings (SSSR count). The molecule has 0 aliphatic carbocycles. The lowest BCUT2D eigenvalue weighted by atomic mass is 9.95. The van der Waals surface area contributed by atoms with Crippen LogP contribution >= 0.6 is 0 Å². The van der Waals surface area contributed by atoms with Gasteiger partial charge in [0.15, 0.2) is 0 Å². The lowest BCUT2D eigenvalue weighted by Crippen LogP contribution is -2.22. The summed E-state index contributed by atoms with van der Waals surface area (Å²) in [4.78, 5) is 0. The summed E-state index contributed by atoms with van der Waals surface area (Å²) < 4.78 is 0. The summed E-state index contributed by atoms with van der Waals surface area (Å²) in [6, 6.07) is 7.30. The molecule has 0 atom stereocenters. The van der Waals surface area contributed by atoms with Crippen LogP contribution < -0.4 is 5.32 Å². The van der Waals surface area contributed by atoms with Gasteiger partial charge in [0.05, 0.1) is 0 Å². The van der Waals surface area contributed by atoms with E-state index in [1.807, 2.05) is 0 Å². The summed E-state index contributed by atoms with van der Waals surface area (Å²) in [5.74, 6) is 0.605. The molecule has 0 aromatic heterocycles. The molecular weight excluding hydrogens is 182 g/mol. The van der Waals surface area contributed by atoms with E-state index in [1.165, 1.54) is 16.7 Å². The zero-order chi connectivity index (χ0) is 11.4. The van der Waals surface area contributed by atoms with Crippen LogP contribution in [0.1, 0.15) is 50.3 Å². The van der Waals surface area contributed by atoms with E-state index in [4.69, 9.17) is 0 Å². The third-order valence-electron chi connectivity index (χ3n) is 2.62. The van der Waals surface area contributed by atoms with Crippen LogP contribution in [0, 0.1) is 6.92 Å². The van der Waals surface area contributed by atoms with E-state index in [9.17, 15) is 0 Å². The molecule has 1 aromatic rings. The normalized spacial score (nSPS) is 11.4. The minimum atomic E-state index is 0.548. The third kappa shape index (κ3) is 3.67. The minimum absolute atomic E-state index is 0.548. The predicted molar refractivity (Wildman–Crippen MR) is 67.2 cm³/mol. The lowest BCUT2D eigenvalue weighted by molar-refractivity contribution is 0.584. The van der Waals surface area contributed by atoms with Crippen molar-refractivity contribution in [2.75, 3.05) is 0 Å². The summed E-state index contributed by atoms with van der Waals surface area (Å²) in [7, 11) is 0. The van der Waals surface area contributed by atoms with Crippen LogP contribution in [0.15, 0.2) is 18.2 Å². The van der Waals surface area contributed by atoms with Gasteiger partial charge in [0.25, 0.3) is 0 Å². The lowest BCUT2D eigenvalue weighted by Gasteiger charge is -2.15. The molecule has 0 heterocycles. The molecule has 0 amide bonds. The van der Waals surface area contributed by atoms with Gasteiger partial charge in [0, 0.05) is 12.6 Å². The largest absolute Gasteiger partial charge is 0.310 e. The fourth-order valence-corrected chi connectivity index (χ4v) is 1.73. The topological polar surface area (TPSA) is 12.0 Å². The van der Waals surface area contributed by atoms with Crippen molar-refractivity contribution in [3.63, 3.8) is 0 Å². The maximum absolute atomic E-state index is 3.48. The summed E-state index contributed by atoms with van der Waals surface area (Å²) in [5, 5.41) is 3.48. The van der Waals surface area contributed by atoms with Crippen LogP contribution in [0.3, 0.4) is 0 Å². The highest BCUT2D eigenvalue weighted by Crippen LogP contribution is 2.20. The molecule has 0 spiro atoms. The van der Waals surface area contributed by atoms with Crippen LogP contribution in [0.4, 0.5) is 0 Å². The molecule has 0 unspecified atom stereocenters. The van der Waals surface area contributed by atoms with Gasteiger partial charge in [0.1, 0.15) is 0 Å². The highest BCUT2D eigenvalue weighted by atomic mass is 14.9. The Labute approximate surface area is 93.9 Å². The summed E-state index contributed by atoms with van der Waals surface area (Å²) in [5.41, 5.74) is 4.26. The van der Waals surface area contributed by atoms with Crippen molar-refractivity contribution >= 4 is 0 Å².